The van der Waals surface area contributed by atoms with Crippen molar-refractivity contribution >= 4 is 35.2 Å². The Morgan fingerprint density at radius 3 is 1.92 bits per heavy atom. The Morgan fingerprint density at radius 1 is 0.960 bits per heavy atom. The van der Waals surface area contributed by atoms with Crippen molar-refractivity contribution in [1.29, 1.82) is 0 Å². The Kier molecular flexibility index (Phi) is 9.61. The lowest BCUT2D eigenvalue weighted by molar-refractivity contribution is 0.111. The minimum Gasteiger partial charge on any atom is -0.439 e. The number of epoxide rings is 1. The SMILES string of the molecule is CO[Si](C)(OCC1CO1)O[Si](C)(CC[Si](OC)(OC)OC)O[SiH](C)C. The second-order valence-corrected chi connectivity index (χ2v) is 18.7. The summed E-state index contributed by atoms with van der Waals surface area (Å²) in [5.74, 6) is 0. The van der Waals surface area contributed by atoms with Gasteiger partial charge in [0, 0.05) is 41.0 Å². The molecule has 1 fully saturated rings. The average Bonchev–Trinajstić information content (AvgIpc) is 3.38. The highest BCUT2D eigenvalue weighted by Crippen LogP contribution is 2.28. The first-order chi connectivity index (χ1) is 11.7. The van der Waals surface area contributed by atoms with Crippen LogP contribution in [0.4, 0.5) is 0 Å². The molecule has 0 spiro atoms. The van der Waals surface area contributed by atoms with Gasteiger partial charge in [-0.2, -0.15) is 0 Å². The maximum absolute atomic E-state index is 6.44. The molecular weight excluding hydrogens is 396 g/mol. The molecule has 0 amide bonds. The molecule has 0 aromatic heterocycles. The van der Waals surface area contributed by atoms with Crippen LogP contribution in [0.1, 0.15) is 0 Å². The van der Waals surface area contributed by atoms with Crippen LogP contribution in [0.2, 0.25) is 38.3 Å². The summed E-state index contributed by atoms with van der Waals surface area (Å²) in [5, 5.41) is 0. The summed E-state index contributed by atoms with van der Waals surface area (Å²) in [7, 11) is -2.89. The zero-order valence-corrected chi connectivity index (χ0v) is 20.9. The third-order valence-electron chi connectivity index (χ3n) is 4.01. The standard InChI is InChI=1S/C13H34O8Si4/c1-14-24(8,19-12-13-11-18-13)21-23(7,20-22(5)6)9-10-25(15-2,16-3)17-4/h13,22H,9-12H2,1-8H3. The Labute approximate surface area is 156 Å². The summed E-state index contributed by atoms with van der Waals surface area (Å²) in [6.45, 7) is 9.45. The molecule has 0 bridgehead atoms. The van der Waals surface area contributed by atoms with Gasteiger partial charge in [-0.15, -0.1) is 0 Å². The molecule has 12 heteroatoms. The van der Waals surface area contributed by atoms with Crippen LogP contribution < -0.4 is 0 Å². The lowest BCUT2D eigenvalue weighted by Gasteiger charge is -2.37. The summed E-state index contributed by atoms with van der Waals surface area (Å²) in [5.41, 5.74) is 0. The van der Waals surface area contributed by atoms with Gasteiger partial charge in [-0.1, -0.05) is 0 Å². The molecule has 0 aliphatic carbocycles. The predicted molar refractivity (Wildman–Crippen MR) is 103 cm³/mol. The van der Waals surface area contributed by atoms with Gasteiger partial charge in [0.05, 0.1) is 13.2 Å². The van der Waals surface area contributed by atoms with Crippen LogP contribution in [-0.4, -0.2) is 83.0 Å². The van der Waals surface area contributed by atoms with Crippen LogP contribution in [0.15, 0.2) is 0 Å². The first-order valence-corrected chi connectivity index (χ1v) is 18.0. The molecule has 8 nitrogen and oxygen atoms in total. The van der Waals surface area contributed by atoms with Crippen LogP contribution in [-0.2, 0) is 35.1 Å². The van der Waals surface area contributed by atoms with E-state index in [1.54, 1.807) is 28.4 Å². The van der Waals surface area contributed by atoms with E-state index in [9.17, 15) is 0 Å². The van der Waals surface area contributed by atoms with Crippen molar-refractivity contribution in [3.05, 3.63) is 0 Å². The summed E-state index contributed by atoms with van der Waals surface area (Å²) < 4.78 is 46.2. The number of hydrogen-bond acceptors (Lipinski definition) is 8. The van der Waals surface area contributed by atoms with E-state index in [-0.39, 0.29) is 6.10 Å². The van der Waals surface area contributed by atoms with Gasteiger partial charge in [0.1, 0.15) is 6.10 Å². The summed E-state index contributed by atoms with van der Waals surface area (Å²) >= 11 is 0. The number of hydrogen-bond donors (Lipinski definition) is 0. The lowest BCUT2D eigenvalue weighted by atomic mass is 10.5. The Morgan fingerprint density at radius 2 is 1.52 bits per heavy atom. The first-order valence-electron chi connectivity index (χ1n) is 8.49. The Bertz CT molecular complexity index is 388. The van der Waals surface area contributed by atoms with Crippen LogP contribution in [0, 0.1) is 0 Å². The van der Waals surface area contributed by atoms with Crippen molar-refractivity contribution in [3.63, 3.8) is 0 Å². The van der Waals surface area contributed by atoms with E-state index in [4.69, 9.17) is 35.1 Å². The molecule has 25 heavy (non-hydrogen) atoms. The largest absolute Gasteiger partial charge is 0.500 e. The normalized spacial score (nSPS) is 22.7. The first kappa shape index (κ1) is 23.6. The molecule has 1 aliphatic rings. The topological polar surface area (TPSA) is 77.1 Å². The Balaban J connectivity index is 2.80. The molecular formula is C13H34O8Si4. The van der Waals surface area contributed by atoms with E-state index in [2.05, 4.69) is 19.6 Å². The summed E-state index contributed by atoms with van der Waals surface area (Å²) in [6, 6.07) is 1.31. The second kappa shape index (κ2) is 10.2. The van der Waals surface area contributed by atoms with Crippen molar-refractivity contribution in [2.24, 2.45) is 0 Å². The molecule has 0 saturated carbocycles. The number of rotatable bonds is 14. The molecule has 1 saturated heterocycles. The minimum atomic E-state index is -2.80. The van der Waals surface area contributed by atoms with Crippen molar-refractivity contribution in [2.45, 2.75) is 44.4 Å². The average molecular weight is 431 g/mol. The third kappa shape index (κ3) is 7.98. The van der Waals surface area contributed by atoms with Gasteiger partial charge in [-0.3, -0.25) is 0 Å². The fourth-order valence-electron chi connectivity index (χ4n) is 2.50. The highest BCUT2D eigenvalue weighted by Gasteiger charge is 2.49. The van der Waals surface area contributed by atoms with Crippen LogP contribution in [0.5, 0.6) is 0 Å². The van der Waals surface area contributed by atoms with Gasteiger partial charge in [-0.25, -0.2) is 0 Å². The summed E-state index contributed by atoms with van der Waals surface area (Å²) in [4.78, 5) is 0. The van der Waals surface area contributed by atoms with E-state index in [0.29, 0.717) is 18.7 Å². The zero-order valence-electron chi connectivity index (χ0n) is 16.7. The minimum absolute atomic E-state index is 0.162. The maximum Gasteiger partial charge on any atom is 0.500 e. The monoisotopic (exact) mass is 430 g/mol. The second-order valence-electron chi connectivity index (χ2n) is 6.53. The fourth-order valence-corrected chi connectivity index (χ4v) is 16.5. The van der Waals surface area contributed by atoms with E-state index < -0.39 is 35.2 Å². The molecule has 0 aromatic carbocycles. The molecule has 1 heterocycles. The molecule has 150 valence electrons. The van der Waals surface area contributed by atoms with E-state index in [0.717, 1.165) is 6.61 Å². The van der Waals surface area contributed by atoms with Crippen LogP contribution in [0.25, 0.3) is 0 Å². The molecule has 0 aromatic rings. The van der Waals surface area contributed by atoms with Crippen LogP contribution >= 0.6 is 0 Å². The van der Waals surface area contributed by atoms with Crippen molar-refractivity contribution in [2.75, 3.05) is 41.7 Å². The molecule has 1 rings (SSSR count). The maximum atomic E-state index is 6.44. The lowest BCUT2D eigenvalue weighted by Crippen LogP contribution is -2.56. The van der Waals surface area contributed by atoms with Gasteiger partial charge >= 0.3 is 26.2 Å². The van der Waals surface area contributed by atoms with Crippen molar-refractivity contribution in [1.82, 2.24) is 0 Å². The highest BCUT2D eigenvalue weighted by molar-refractivity contribution is 6.82. The van der Waals surface area contributed by atoms with E-state index in [1.807, 2.05) is 6.55 Å². The van der Waals surface area contributed by atoms with E-state index in [1.165, 1.54) is 0 Å². The predicted octanol–water partition coefficient (Wildman–Crippen LogP) is 1.58. The van der Waals surface area contributed by atoms with Crippen LogP contribution in [0.3, 0.4) is 0 Å². The molecule has 3 unspecified atom stereocenters. The zero-order chi connectivity index (χ0) is 19.1. The fraction of sp³-hybridized carbons (Fsp3) is 1.00. The van der Waals surface area contributed by atoms with Gasteiger partial charge < -0.3 is 35.1 Å². The molecule has 0 radical (unpaired) electrons. The highest BCUT2D eigenvalue weighted by atomic mass is 28.5. The number of ether oxygens (including phenoxy) is 1. The van der Waals surface area contributed by atoms with Crippen molar-refractivity contribution in [3.8, 4) is 0 Å². The van der Waals surface area contributed by atoms with Gasteiger partial charge in [0.2, 0.25) is 0 Å². The molecule has 1 aliphatic heterocycles. The van der Waals surface area contributed by atoms with E-state index >= 15 is 0 Å². The third-order valence-corrected chi connectivity index (χ3v) is 16.9. The molecule has 0 N–H and O–H groups in total. The van der Waals surface area contributed by atoms with Gasteiger partial charge in [0.25, 0.3) is 0 Å². The smallest absolute Gasteiger partial charge is 0.439 e. The summed E-state index contributed by atoms with van der Waals surface area (Å²) in [6.07, 6.45) is 0.162. The Hall–Kier alpha value is 0.548. The van der Waals surface area contributed by atoms with Crippen molar-refractivity contribution < 1.29 is 35.1 Å². The van der Waals surface area contributed by atoms with Gasteiger partial charge in [-0.05, 0) is 25.7 Å². The quantitative estimate of drug-likeness (QED) is 0.304. The van der Waals surface area contributed by atoms with Gasteiger partial charge in [0.15, 0.2) is 9.04 Å². The molecule has 3 atom stereocenters.